The van der Waals surface area contributed by atoms with Crippen LogP contribution in [0, 0.1) is 13.8 Å². The van der Waals surface area contributed by atoms with E-state index in [-0.39, 0.29) is 17.5 Å². The van der Waals surface area contributed by atoms with E-state index >= 15 is 0 Å². The minimum Gasteiger partial charge on any atom is -0.478 e. The maximum absolute atomic E-state index is 12.7. The Labute approximate surface area is 140 Å². The van der Waals surface area contributed by atoms with Crippen LogP contribution < -0.4 is 5.32 Å². The quantitative estimate of drug-likeness (QED) is 0.899. The molecule has 0 radical (unpaired) electrons. The lowest BCUT2D eigenvalue weighted by Gasteiger charge is -2.15. The Morgan fingerprint density at radius 1 is 1.21 bits per heavy atom. The Bertz CT molecular complexity index is 789. The van der Waals surface area contributed by atoms with E-state index in [1.165, 1.54) is 6.07 Å². The van der Waals surface area contributed by atoms with Gasteiger partial charge in [0.25, 0.3) is 5.91 Å². The third-order valence-electron chi connectivity index (χ3n) is 4.62. The van der Waals surface area contributed by atoms with Crippen LogP contribution in [-0.2, 0) is 0 Å². The lowest BCUT2D eigenvalue weighted by molar-refractivity contribution is 0.0695. The van der Waals surface area contributed by atoms with Crippen molar-refractivity contribution < 1.29 is 14.7 Å². The molecule has 0 spiro atoms. The number of carbonyl (C=O) groups is 2. The van der Waals surface area contributed by atoms with Crippen LogP contribution in [0.1, 0.15) is 63.7 Å². The number of carboxylic acid groups (broad SMARTS) is 1. The molecule has 1 heterocycles. The minimum absolute atomic E-state index is 0.195. The van der Waals surface area contributed by atoms with E-state index < -0.39 is 5.97 Å². The Morgan fingerprint density at radius 3 is 2.58 bits per heavy atom. The molecule has 1 fully saturated rings. The summed E-state index contributed by atoms with van der Waals surface area (Å²) in [6, 6.07) is 5.26. The normalized spacial score (nSPS) is 14.8. The van der Waals surface area contributed by atoms with E-state index in [0.717, 1.165) is 31.2 Å². The highest BCUT2D eigenvalue weighted by molar-refractivity contribution is 6.04. The van der Waals surface area contributed by atoms with Gasteiger partial charge in [-0.15, -0.1) is 0 Å². The zero-order chi connectivity index (χ0) is 17.3. The fourth-order valence-electron chi connectivity index (χ4n) is 3.34. The number of aromatic carboxylic acids is 1. The van der Waals surface area contributed by atoms with Crippen LogP contribution in [-0.4, -0.2) is 26.8 Å². The minimum atomic E-state index is -1.00. The van der Waals surface area contributed by atoms with Crippen molar-refractivity contribution >= 4 is 17.6 Å². The number of aromatic nitrogens is 2. The number of rotatable bonds is 4. The molecule has 0 saturated heterocycles. The monoisotopic (exact) mass is 327 g/mol. The highest BCUT2D eigenvalue weighted by Crippen LogP contribution is 2.30. The topological polar surface area (TPSA) is 84.2 Å². The van der Waals surface area contributed by atoms with Crippen molar-refractivity contribution in [1.82, 2.24) is 9.78 Å². The number of anilines is 1. The number of amides is 1. The lowest BCUT2D eigenvalue weighted by Crippen LogP contribution is -2.20. The second-order valence-corrected chi connectivity index (χ2v) is 6.34. The molecule has 1 aromatic heterocycles. The van der Waals surface area contributed by atoms with Gasteiger partial charge >= 0.3 is 5.97 Å². The Kier molecular flexibility index (Phi) is 4.38. The molecule has 6 heteroatoms. The van der Waals surface area contributed by atoms with Gasteiger partial charge in [0.2, 0.25) is 0 Å². The molecule has 2 N–H and O–H groups in total. The van der Waals surface area contributed by atoms with E-state index in [0.29, 0.717) is 16.9 Å². The second kappa shape index (κ2) is 6.47. The molecule has 24 heavy (non-hydrogen) atoms. The van der Waals surface area contributed by atoms with Crippen molar-refractivity contribution in [2.75, 3.05) is 5.32 Å². The molecule has 1 saturated carbocycles. The third-order valence-corrected chi connectivity index (χ3v) is 4.62. The van der Waals surface area contributed by atoms with E-state index in [1.807, 2.05) is 6.92 Å². The van der Waals surface area contributed by atoms with Crippen LogP contribution in [0.3, 0.4) is 0 Å². The van der Waals surface area contributed by atoms with E-state index in [9.17, 15) is 14.7 Å². The molecule has 0 atom stereocenters. The summed E-state index contributed by atoms with van der Waals surface area (Å²) in [5.74, 6) is -1.26. The number of nitrogens with one attached hydrogen (secondary N) is 1. The second-order valence-electron chi connectivity index (χ2n) is 6.34. The molecule has 6 nitrogen and oxygen atoms in total. The number of hydrogen-bond donors (Lipinski definition) is 2. The molecule has 3 rings (SSSR count). The lowest BCUT2D eigenvalue weighted by atomic mass is 10.0. The molecule has 0 bridgehead atoms. The van der Waals surface area contributed by atoms with E-state index in [4.69, 9.17) is 0 Å². The summed E-state index contributed by atoms with van der Waals surface area (Å²) >= 11 is 0. The smallest absolute Gasteiger partial charge is 0.336 e. The molecule has 126 valence electrons. The summed E-state index contributed by atoms with van der Waals surface area (Å²) in [5, 5.41) is 16.4. The van der Waals surface area contributed by atoms with Crippen molar-refractivity contribution in [2.24, 2.45) is 0 Å². The zero-order valence-corrected chi connectivity index (χ0v) is 13.9. The Balaban J connectivity index is 1.87. The SMILES string of the molecule is Cc1cc(C)c(C(=O)O)cc1NC(=O)c1ccnn1C1CCCC1. The van der Waals surface area contributed by atoms with Gasteiger partial charge < -0.3 is 10.4 Å². The van der Waals surface area contributed by atoms with Gasteiger partial charge in [-0.3, -0.25) is 9.48 Å². The van der Waals surface area contributed by atoms with Crippen LogP contribution in [0.2, 0.25) is 0 Å². The zero-order valence-electron chi connectivity index (χ0n) is 13.9. The average molecular weight is 327 g/mol. The van der Waals surface area contributed by atoms with E-state index in [1.54, 1.807) is 29.9 Å². The largest absolute Gasteiger partial charge is 0.478 e. The Morgan fingerprint density at radius 2 is 1.92 bits per heavy atom. The molecular weight excluding hydrogens is 306 g/mol. The average Bonchev–Trinajstić information content (AvgIpc) is 3.19. The molecule has 0 aliphatic heterocycles. The van der Waals surface area contributed by atoms with Gasteiger partial charge in [-0.2, -0.15) is 5.10 Å². The number of hydrogen-bond acceptors (Lipinski definition) is 3. The third kappa shape index (κ3) is 3.04. The van der Waals surface area contributed by atoms with Crippen molar-refractivity contribution in [2.45, 2.75) is 45.6 Å². The maximum Gasteiger partial charge on any atom is 0.336 e. The number of aryl methyl sites for hydroxylation is 2. The summed E-state index contributed by atoms with van der Waals surface area (Å²) in [7, 11) is 0. The van der Waals surface area contributed by atoms with Gasteiger partial charge in [-0.25, -0.2) is 4.79 Å². The van der Waals surface area contributed by atoms with Crippen LogP contribution in [0.5, 0.6) is 0 Å². The van der Waals surface area contributed by atoms with E-state index in [2.05, 4.69) is 10.4 Å². The summed E-state index contributed by atoms with van der Waals surface area (Å²) in [5.41, 5.74) is 2.73. The van der Waals surface area contributed by atoms with Crippen LogP contribution in [0.25, 0.3) is 0 Å². The molecule has 1 aliphatic rings. The van der Waals surface area contributed by atoms with Crippen LogP contribution >= 0.6 is 0 Å². The van der Waals surface area contributed by atoms with Crippen molar-refractivity contribution in [3.05, 3.63) is 46.8 Å². The standard InChI is InChI=1S/C18H21N3O3/c1-11-9-12(2)15(10-14(11)18(23)24)20-17(22)16-7-8-19-21(16)13-5-3-4-6-13/h7-10,13H,3-6H2,1-2H3,(H,20,22)(H,23,24). The van der Waals surface area contributed by atoms with Crippen molar-refractivity contribution in [3.63, 3.8) is 0 Å². The first-order valence-electron chi connectivity index (χ1n) is 8.17. The Hall–Kier alpha value is -2.63. The first kappa shape index (κ1) is 16.2. The molecule has 2 aromatic rings. The van der Waals surface area contributed by atoms with Gasteiger partial charge in [-0.05, 0) is 49.9 Å². The molecule has 1 amide bonds. The molecule has 0 unspecified atom stereocenters. The van der Waals surface area contributed by atoms with Gasteiger partial charge in [0, 0.05) is 11.9 Å². The highest BCUT2D eigenvalue weighted by atomic mass is 16.4. The number of carboxylic acids is 1. The summed E-state index contributed by atoms with van der Waals surface area (Å²) in [6.07, 6.45) is 6.02. The number of carbonyl (C=O) groups excluding carboxylic acids is 1. The number of benzene rings is 1. The van der Waals surface area contributed by atoms with Crippen LogP contribution in [0.15, 0.2) is 24.4 Å². The summed E-state index contributed by atoms with van der Waals surface area (Å²) < 4.78 is 1.80. The van der Waals surface area contributed by atoms with Gasteiger partial charge in [-0.1, -0.05) is 18.9 Å². The fraction of sp³-hybridized carbons (Fsp3) is 0.389. The molecular formula is C18H21N3O3. The molecule has 1 aliphatic carbocycles. The highest BCUT2D eigenvalue weighted by Gasteiger charge is 2.23. The number of nitrogens with zero attached hydrogens (tertiary/aromatic N) is 2. The van der Waals surface area contributed by atoms with Gasteiger partial charge in [0.1, 0.15) is 5.69 Å². The van der Waals surface area contributed by atoms with Crippen molar-refractivity contribution in [3.8, 4) is 0 Å². The predicted molar refractivity (Wildman–Crippen MR) is 90.6 cm³/mol. The van der Waals surface area contributed by atoms with Crippen molar-refractivity contribution in [1.29, 1.82) is 0 Å². The summed E-state index contributed by atoms with van der Waals surface area (Å²) in [6.45, 7) is 3.60. The fourth-order valence-corrected chi connectivity index (χ4v) is 3.34. The first-order chi connectivity index (χ1) is 11.5. The summed E-state index contributed by atoms with van der Waals surface area (Å²) in [4.78, 5) is 24.0. The van der Waals surface area contributed by atoms with Gasteiger partial charge in [0.15, 0.2) is 0 Å². The molecule has 1 aromatic carbocycles. The van der Waals surface area contributed by atoms with Crippen LogP contribution in [0.4, 0.5) is 5.69 Å². The predicted octanol–water partition coefficient (Wildman–Crippen LogP) is 3.57. The van der Waals surface area contributed by atoms with Gasteiger partial charge in [0.05, 0.1) is 11.6 Å². The maximum atomic E-state index is 12.7. The first-order valence-corrected chi connectivity index (χ1v) is 8.17.